The number of aromatic nitrogens is 2. The number of fused-ring (bicyclic) bond motifs is 1. The highest BCUT2D eigenvalue weighted by molar-refractivity contribution is 14.0. The fraction of sp³-hybridized carbons (Fsp3) is 0.789. The molecule has 1 saturated heterocycles. The maximum Gasteiger partial charge on any atom is 0.191 e. The van der Waals surface area contributed by atoms with E-state index >= 15 is 0 Å². The van der Waals surface area contributed by atoms with Gasteiger partial charge in [0.15, 0.2) is 5.96 Å². The van der Waals surface area contributed by atoms with Gasteiger partial charge in [0.25, 0.3) is 0 Å². The van der Waals surface area contributed by atoms with Gasteiger partial charge < -0.3 is 15.2 Å². The molecule has 3 heterocycles. The van der Waals surface area contributed by atoms with Crippen LogP contribution in [0, 0.1) is 5.92 Å². The minimum absolute atomic E-state index is 0. The number of likely N-dealkylation sites (tertiary alicyclic amines) is 1. The number of nitrogens with one attached hydrogen (secondary N) is 2. The van der Waals surface area contributed by atoms with Crippen molar-refractivity contribution >= 4 is 29.9 Å². The Labute approximate surface area is 175 Å². The number of guanidine groups is 1. The first-order chi connectivity index (χ1) is 12.1. The van der Waals surface area contributed by atoms with Crippen LogP contribution in [-0.2, 0) is 19.4 Å². The first-order valence-corrected chi connectivity index (χ1v) is 9.83. The predicted octanol–water partition coefficient (Wildman–Crippen LogP) is 2.27. The quantitative estimate of drug-likeness (QED) is 0.391. The Morgan fingerprint density at radius 3 is 2.81 bits per heavy atom. The average Bonchev–Trinajstić information content (AvgIpc) is 3.17. The van der Waals surface area contributed by atoms with Crippen molar-refractivity contribution in [1.82, 2.24) is 25.1 Å². The fourth-order valence-electron chi connectivity index (χ4n) is 3.89. The van der Waals surface area contributed by atoms with Crippen molar-refractivity contribution in [2.45, 2.75) is 65.1 Å². The number of nitrogens with zero attached hydrogens (tertiary/aromatic N) is 4. The summed E-state index contributed by atoms with van der Waals surface area (Å²) in [5.41, 5.74) is 1.19. The van der Waals surface area contributed by atoms with Crippen LogP contribution in [0.3, 0.4) is 0 Å². The van der Waals surface area contributed by atoms with E-state index in [9.17, 15) is 0 Å². The molecule has 1 aromatic heterocycles. The van der Waals surface area contributed by atoms with Crippen LogP contribution >= 0.6 is 24.0 Å². The predicted molar refractivity (Wildman–Crippen MR) is 118 cm³/mol. The zero-order chi connectivity index (χ0) is 17.8. The van der Waals surface area contributed by atoms with Gasteiger partial charge in [-0.05, 0) is 32.6 Å². The second-order valence-electron chi connectivity index (χ2n) is 7.82. The highest BCUT2D eigenvalue weighted by atomic mass is 127. The fourth-order valence-corrected chi connectivity index (χ4v) is 3.89. The molecule has 0 radical (unpaired) electrons. The van der Waals surface area contributed by atoms with Crippen LogP contribution < -0.4 is 10.6 Å². The lowest BCUT2D eigenvalue weighted by molar-refractivity contribution is 0.265. The van der Waals surface area contributed by atoms with Gasteiger partial charge in [-0.3, -0.25) is 9.89 Å². The topological polar surface area (TPSA) is 57.5 Å². The van der Waals surface area contributed by atoms with Crippen molar-refractivity contribution in [3.05, 3.63) is 17.7 Å². The van der Waals surface area contributed by atoms with Gasteiger partial charge in [0.2, 0.25) is 0 Å². The zero-order valence-corrected chi connectivity index (χ0v) is 19.0. The lowest BCUT2D eigenvalue weighted by Gasteiger charge is -2.21. The molecular formula is C19H35IN6. The minimum atomic E-state index is 0. The SMILES string of the molecule is CN=C(NCCc1cn2c(n1)CCCC2)NC1CN(C(C)C)CC1C.I. The molecule has 2 atom stereocenters. The third-order valence-electron chi connectivity index (χ3n) is 5.55. The van der Waals surface area contributed by atoms with E-state index in [1.54, 1.807) is 0 Å². The molecule has 2 aliphatic heterocycles. The Balaban J connectivity index is 0.00000243. The molecule has 3 rings (SSSR count). The molecule has 1 aromatic rings. The van der Waals surface area contributed by atoms with Gasteiger partial charge in [-0.15, -0.1) is 24.0 Å². The largest absolute Gasteiger partial charge is 0.356 e. The summed E-state index contributed by atoms with van der Waals surface area (Å²) in [7, 11) is 1.85. The monoisotopic (exact) mass is 474 g/mol. The molecule has 1 fully saturated rings. The Morgan fingerprint density at radius 1 is 1.35 bits per heavy atom. The normalized spacial score (nSPS) is 23.7. The third kappa shape index (κ3) is 5.34. The Kier molecular flexibility index (Phi) is 8.19. The van der Waals surface area contributed by atoms with E-state index in [0.29, 0.717) is 18.0 Å². The molecule has 0 saturated carbocycles. The average molecular weight is 474 g/mol. The van der Waals surface area contributed by atoms with Crippen LogP contribution in [0.4, 0.5) is 0 Å². The van der Waals surface area contributed by atoms with E-state index in [0.717, 1.165) is 45.0 Å². The Morgan fingerprint density at radius 2 is 2.15 bits per heavy atom. The molecule has 2 N–H and O–H groups in total. The minimum Gasteiger partial charge on any atom is -0.356 e. The maximum absolute atomic E-state index is 4.77. The van der Waals surface area contributed by atoms with Gasteiger partial charge in [-0.1, -0.05) is 6.92 Å². The van der Waals surface area contributed by atoms with Crippen molar-refractivity contribution in [2.75, 3.05) is 26.7 Å². The van der Waals surface area contributed by atoms with Gasteiger partial charge in [-0.2, -0.15) is 0 Å². The standard InChI is InChI=1S/C19H34N6.HI/c1-14(2)25-11-15(3)17(13-25)23-19(20-4)21-9-8-16-12-24-10-6-5-7-18(24)22-16;/h12,14-15,17H,5-11,13H2,1-4H3,(H2,20,21,23);1H. The molecule has 0 amide bonds. The van der Waals surface area contributed by atoms with Crippen LogP contribution in [0.25, 0.3) is 0 Å². The molecule has 0 aromatic carbocycles. The van der Waals surface area contributed by atoms with Crippen molar-refractivity contribution in [3.8, 4) is 0 Å². The number of aryl methyl sites for hydroxylation is 2. The van der Waals surface area contributed by atoms with E-state index in [2.05, 4.69) is 52.1 Å². The number of rotatable bonds is 5. The number of hydrogen-bond acceptors (Lipinski definition) is 3. The Bertz CT molecular complexity index is 573. The van der Waals surface area contributed by atoms with Crippen molar-refractivity contribution in [3.63, 3.8) is 0 Å². The molecule has 2 unspecified atom stereocenters. The zero-order valence-electron chi connectivity index (χ0n) is 16.7. The summed E-state index contributed by atoms with van der Waals surface area (Å²) < 4.78 is 2.33. The summed E-state index contributed by atoms with van der Waals surface area (Å²) in [4.78, 5) is 11.7. The van der Waals surface area contributed by atoms with Crippen LogP contribution in [-0.4, -0.2) is 59.2 Å². The number of aliphatic imine (C=N–C) groups is 1. The highest BCUT2D eigenvalue weighted by Gasteiger charge is 2.31. The second-order valence-corrected chi connectivity index (χ2v) is 7.82. The van der Waals surface area contributed by atoms with Crippen LogP contribution in [0.1, 0.15) is 45.1 Å². The molecule has 0 bridgehead atoms. The molecule has 2 aliphatic rings. The first kappa shape index (κ1) is 21.5. The summed E-state index contributed by atoms with van der Waals surface area (Å²) in [5, 5.41) is 7.07. The van der Waals surface area contributed by atoms with Crippen LogP contribution in [0.15, 0.2) is 11.2 Å². The summed E-state index contributed by atoms with van der Waals surface area (Å²) in [6, 6.07) is 1.07. The Hall–Kier alpha value is -0.830. The highest BCUT2D eigenvalue weighted by Crippen LogP contribution is 2.18. The number of halogens is 1. The van der Waals surface area contributed by atoms with Gasteiger partial charge in [0, 0.05) is 64.3 Å². The molecule has 7 heteroatoms. The second kappa shape index (κ2) is 9.92. The van der Waals surface area contributed by atoms with Crippen LogP contribution in [0.5, 0.6) is 0 Å². The first-order valence-electron chi connectivity index (χ1n) is 9.83. The summed E-state index contributed by atoms with van der Waals surface area (Å²) in [5.74, 6) is 2.81. The van der Waals surface area contributed by atoms with Gasteiger partial charge in [-0.25, -0.2) is 4.98 Å². The maximum atomic E-state index is 4.77. The van der Waals surface area contributed by atoms with E-state index in [1.165, 1.54) is 24.4 Å². The lowest BCUT2D eigenvalue weighted by atomic mass is 10.1. The molecule has 0 aliphatic carbocycles. The summed E-state index contributed by atoms with van der Waals surface area (Å²) in [6.07, 6.45) is 6.86. The lowest BCUT2D eigenvalue weighted by Crippen LogP contribution is -2.47. The van der Waals surface area contributed by atoms with Crippen LogP contribution in [0.2, 0.25) is 0 Å². The third-order valence-corrected chi connectivity index (χ3v) is 5.55. The van der Waals surface area contributed by atoms with E-state index < -0.39 is 0 Å². The smallest absolute Gasteiger partial charge is 0.191 e. The van der Waals surface area contributed by atoms with Gasteiger partial charge in [0.1, 0.15) is 5.82 Å². The van der Waals surface area contributed by atoms with E-state index in [4.69, 9.17) is 4.98 Å². The molecule has 148 valence electrons. The molecule has 0 spiro atoms. The molecule has 26 heavy (non-hydrogen) atoms. The summed E-state index contributed by atoms with van der Waals surface area (Å²) >= 11 is 0. The number of hydrogen-bond donors (Lipinski definition) is 2. The number of imidazole rings is 1. The molecular weight excluding hydrogens is 439 g/mol. The van der Waals surface area contributed by atoms with Gasteiger partial charge >= 0.3 is 0 Å². The van der Waals surface area contributed by atoms with Crippen molar-refractivity contribution < 1.29 is 0 Å². The van der Waals surface area contributed by atoms with E-state index in [1.807, 2.05) is 7.05 Å². The van der Waals surface area contributed by atoms with Crippen molar-refractivity contribution in [1.29, 1.82) is 0 Å². The van der Waals surface area contributed by atoms with Crippen molar-refractivity contribution in [2.24, 2.45) is 10.9 Å². The van der Waals surface area contributed by atoms with E-state index in [-0.39, 0.29) is 24.0 Å². The summed E-state index contributed by atoms with van der Waals surface area (Å²) in [6.45, 7) is 11.1. The van der Waals surface area contributed by atoms with Gasteiger partial charge in [0.05, 0.1) is 5.69 Å². The molecule has 6 nitrogen and oxygen atoms in total.